The summed E-state index contributed by atoms with van der Waals surface area (Å²) in [5.74, 6) is -0.420. The van der Waals surface area contributed by atoms with Crippen molar-refractivity contribution in [1.82, 2.24) is 15.8 Å². The first-order valence-corrected chi connectivity index (χ1v) is 7.40. The molecule has 1 atom stereocenters. The molecule has 7 nitrogen and oxygen atoms in total. The smallest absolute Gasteiger partial charge is 0.279 e. The zero-order valence-electron chi connectivity index (χ0n) is 13.7. The van der Waals surface area contributed by atoms with Crippen molar-refractivity contribution in [3.05, 3.63) is 63.6 Å². The maximum Gasteiger partial charge on any atom is 0.279 e. The normalized spacial score (nSPS) is 11.5. The number of aryl methyl sites for hydroxylation is 1. The second kappa shape index (κ2) is 7.45. The predicted molar refractivity (Wildman–Crippen MR) is 88.7 cm³/mol. The van der Waals surface area contributed by atoms with Crippen LogP contribution in [0.2, 0.25) is 0 Å². The Balaban J connectivity index is 1.92. The van der Waals surface area contributed by atoms with Gasteiger partial charge in [-0.1, -0.05) is 12.1 Å². The van der Waals surface area contributed by atoms with Crippen LogP contribution >= 0.6 is 0 Å². The van der Waals surface area contributed by atoms with Gasteiger partial charge in [-0.05, 0) is 44.0 Å². The summed E-state index contributed by atoms with van der Waals surface area (Å²) in [5.41, 5.74) is 6.49. The van der Waals surface area contributed by atoms with Gasteiger partial charge in [-0.25, -0.2) is 0 Å². The van der Waals surface area contributed by atoms with Gasteiger partial charge in [0.25, 0.3) is 11.8 Å². The Morgan fingerprint density at radius 3 is 2.54 bits per heavy atom. The first kappa shape index (κ1) is 17.3. The third-order valence-corrected chi connectivity index (χ3v) is 3.57. The quantitative estimate of drug-likeness (QED) is 0.734. The van der Waals surface area contributed by atoms with Crippen LogP contribution in [-0.4, -0.2) is 22.9 Å². The molecule has 0 fully saturated rings. The lowest BCUT2D eigenvalue weighted by Crippen LogP contribution is -2.47. The standard InChI is InChI=1S/C17H19N3O4/c1-10-5-4-6-14(11(10)2)24-12(3)16(22)19-20-17(23)13-7-8-15(21)18-9-13/h4-9,12H,1-3H3,(H,18,21)(H,19,22)(H,20,23)/t12-/m1/s1. The summed E-state index contributed by atoms with van der Waals surface area (Å²) >= 11 is 0. The molecule has 0 aliphatic rings. The number of nitrogens with one attached hydrogen (secondary N) is 3. The molecule has 1 heterocycles. The molecule has 1 aromatic heterocycles. The Hall–Kier alpha value is -3.09. The third-order valence-electron chi connectivity index (χ3n) is 3.57. The maximum absolute atomic E-state index is 12.0. The van der Waals surface area contributed by atoms with Crippen molar-refractivity contribution in [1.29, 1.82) is 0 Å². The van der Waals surface area contributed by atoms with Crippen molar-refractivity contribution in [2.24, 2.45) is 0 Å². The second-order valence-corrected chi connectivity index (χ2v) is 5.34. The largest absolute Gasteiger partial charge is 0.481 e. The molecule has 0 saturated carbocycles. The number of H-pyrrole nitrogens is 1. The van der Waals surface area contributed by atoms with Crippen LogP contribution in [0.5, 0.6) is 5.75 Å². The van der Waals surface area contributed by atoms with E-state index in [1.807, 2.05) is 26.0 Å². The van der Waals surface area contributed by atoms with Gasteiger partial charge in [-0.2, -0.15) is 0 Å². The van der Waals surface area contributed by atoms with Crippen molar-refractivity contribution in [3.63, 3.8) is 0 Å². The van der Waals surface area contributed by atoms with Crippen LogP contribution in [0.1, 0.15) is 28.4 Å². The first-order chi connectivity index (χ1) is 11.4. The van der Waals surface area contributed by atoms with Crippen molar-refractivity contribution in [2.45, 2.75) is 26.9 Å². The molecule has 0 saturated heterocycles. The average molecular weight is 329 g/mol. The fraction of sp³-hybridized carbons (Fsp3) is 0.235. The number of benzene rings is 1. The predicted octanol–water partition coefficient (Wildman–Crippen LogP) is 1.22. The highest BCUT2D eigenvalue weighted by molar-refractivity contribution is 5.95. The van der Waals surface area contributed by atoms with Crippen LogP contribution in [0.15, 0.2) is 41.3 Å². The van der Waals surface area contributed by atoms with E-state index in [0.717, 1.165) is 11.1 Å². The molecule has 126 valence electrons. The summed E-state index contributed by atoms with van der Waals surface area (Å²) in [4.78, 5) is 37.2. The van der Waals surface area contributed by atoms with Gasteiger partial charge >= 0.3 is 0 Å². The lowest BCUT2D eigenvalue weighted by atomic mass is 10.1. The van der Waals surface area contributed by atoms with Gasteiger partial charge in [0.05, 0.1) is 5.56 Å². The van der Waals surface area contributed by atoms with E-state index >= 15 is 0 Å². The van der Waals surface area contributed by atoms with Gasteiger partial charge < -0.3 is 9.72 Å². The molecule has 3 N–H and O–H groups in total. The van der Waals surface area contributed by atoms with Crippen LogP contribution in [0.25, 0.3) is 0 Å². The lowest BCUT2D eigenvalue weighted by molar-refractivity contribution is -0.128. The van der Waals surface area contributed by atoms with E-state index < -0.39 is 17.9 Å². The van der Waals surface area contributed by atoms with E-state index in [-0.39, 0.29) is 11.1 Å². The minimum Gasteiger partial charge on any atom is -0.481 e. The molecular formula is C17H19N3O4. The number of rotatable bonds is 4. The fourth-order valence-electron chi connectivity index (χ4n) is 1.94. The molecular weight excluding hydrogens is 310 g/mol. The zero-order valence-corrected chi connectivity index (χ0v) is 13.7. The highest BCUT2D eigenvalue weighted by atomic mass is 16.5. The number of aromatic nitrogens is 1. The van der Waals surface area contributed by atoms with E-state index in [9.17, 15) is 14.4 Å². The van der Waals surface area contributed by atoms with Crippen molar-refractivity contribution < 1.29 is 14.3 Å². The summed E-state index contributed by atoms with van der Waals surface area (Å²) in [6, 6.07) is 8.17. The minimum absolute atomic E-state index is 0.220. The number of carbonyl (C=O) groups excluding carboxylic acids is 2. The van der Waals surface area contributed by atoms with Crippen LogP contribution in [0.3, 0.4) is 0 Å². The summed E-state index contributed by atoms with van der Waals surface area (Å²) in [6.07, 6.45) is 0.473. The number of ether oxygens (including phenoxy) is 1. The van der Waals surface area contributed by atoms with E-state index in [1.165, 1.54) is 18.3 Å². The van der Waals surface area contributed by atoms with Gasteiger partial charge in [0.15, 0.2) is 6.10 Å². The van der Waals surface area contributed by atoms with Crippen molar-refractivity contribution in [2.75, 3.05) is 0 Å². The van der Waals surface area contributed by atoms with Gasteiger partial charge in [-0.15, -0.1) is 0 Å². The van der Waals surface area contributed by atoms with Crippen molar-refractivity contribution >= 4 is 11.8 Å². The fourth-order valence-corrected chi connectivity index (χ4v) is 1.94. The molecule has 0 spiro atoms. The maximum atomic E-state index is 12.0. The summed E-state index contributed by atoms with van der Waals surface area (Å²) in [6.45, 7) is 5.45. The van der Waals surface area contributed by atoms with Crippen LogP contribution in [-0.2, 0) is 4.79 Å². The molecule has 0 radical (unpaired) electrons. The Morgan fingerprint density at radius 2 is 1.88 bits per heavy atom. The number of aromatic amines is 1. The van der Waals surface area contributed by atoms with E-state index in [1.54, 1.807) is 13.0 Å². The number of hydrogen-bond donors (Lipinski definition) is 3. The monoisotopic (exact) mass is 329 g/mol. The molecule has 0 bridgehead atoms. The molecule has 2 rings (SSSR count). The van der Waals surface area contributed by atoms with Gasteiger partial charge in [0, 0.05) is 12.3 Å². The molecule has 2 aromatic rings. The first-order valence-electron chi connectivity index (χ1n) is 7.40. The highest BCUT2D eigenvalue weighted by Gasteiger charge is 2.17. The topological polar surface area (TPSA) is 100 Å². The van der Waals surface area contributed by atoms with Gasteiger partial charge in [-0.3, -0.25) is 25.2 Å². The third kappa shape index (κ3) is 4.22. The van der Waals surface area contributed by atoms with Crippen molar-refractivity contribution in [3.8, 4) is 5.75 Å². The van der Waals surface area contributed by atoms with E-state index in [2.05, 4.69) is 15.8 Å². The lowest BCUT2D eigenvalue weighted by Gasteiger charge is -2.17. The molecule has 0 aliphatic heterocycles. The number of carbonyl (C=O) groups is 2. The molecule has 1 aromatic carbocycles. The minimum atomic E-state index is -0.790. The Kier molecular flexibility index (Phi) is 5.36. The Morgan fingerprint density at radius 1 is 1.12 bits per heavy atom. The van der Waals surface area contributed by atoms with E-state index in [4.69, 9.17) is 4.74 Å². The molecule has 0 unspecified atom stereocenters. The zero-order chi connectivity index (χ0) is 17.7. The number of pyridine rings is 1. The molecule has 2 amide bonds. The van der Waals surface area contributed by atoms with Crippen LogP contribution in [0, 0.1) is 13.8 Å². The number of amides is 2. The summed E-state index contributed by atoms with van der Waals surface area (Å²) in [5, 5.41) is 0. The van der Waals surface area contributed by atoms with Crippen LogP contribution < -0.4 is 21.1 Å². The van der Waals surface area contributed by atoms with E-state index in [0.29, 0.717) is 5.75 Å². The average Bonchev–Trinajstić information content (AvgIpc) is 2.57. The highest BCUT2D eigenvalue weighted by Crippen LogP contribution is 2.21. The summed E-state index contributed by atoms with van der Waals surface area (Å²) < 4.78 is 5.63. The molecule has 7 heteroatoms. The number of hydrogen-bond acceptors (Lipinski definition) is 4. The Bertz CT molecular complexity index is 793. The Labute approximate surface area is 139 Å². The summed E-state index contributed by atoms with van der Waals surface area (Å²) in [7, 11) is 0. The molecule has 0 aliphatic carbocycles. The SMILES string of the molecule is Cc1cccc(O[C@H](C)C(=O)NNC(=O)c2ccc(=O)[nH]c2)c1C. The van der Waals surface area contributed by atoms with Crippen LogP contribution in [0.4, 0.5) is 0 Å². The molecule has 24 heavy (non-hydrogen) atoms. The second-order valence-electron chi connectivity index (χ2n) is 5.34. The van der Waals surface area contributed by atoms with Gasteiger partial charge in [0.2, 0.25) is 5.56 Å². The number of hydrazine groups is 1. The van der Waals surface area contributed by atoms with Gasteiger partial charge in [0.1, 0.15) is 5.75 Å².